The van der Waals surface area contributed by atoms with Gasteiger partial charge in [-0.1, -0.05) is 26.7 Å². The topological polar surface area (TPSA) is 57.5 Å². The Morgan fingerprint density at radius 1 is 1.00 bits per heavy atom. The lowest BCUT2D eigenvalue weighted by atomic mass is 9.44. The average molecular weight is 363 g/mol. The average Bonchev–Trinajstić information content (AvgIpc) is 2.92. The van der Waals surface area contributed by atoms with Gasteiger partial charge >= 0.3 is 5.97 Å². The van der Waals surface area contributed by atoms with E-state index in [1.807, 2.05) is 0 Å². The monoisotopic (exact) mass is 362 g/mol. The van der Waals surface area contributed by atoms with Gasteiger partial charge in [0.25, 0.3) is 0 Å². The van der Waals surface area contributed by atoms with Crippen molar-refractivity contribution in [2.75, 3.05) is 0 Å². The van der Waals surface area contributed by atoms with Gasteiger partial charge in [0.2, 0.25) is 0 Å². The number of aliphatic hydroxyl groups excluding tert-OH is 1. The van der Waals surface area contributed by atoms with E-state index in [-0.39, 0.29) is 6.10 Å². The van der Waals surface area contributed by atoms with E-state index in [1.165, 1.54) is 51.4 Å². The second-order valence-electron chi connectivity index (χ2n) is 10.6. The molecule has 4 aliphatic rings. The maximum Gasteiger partial charge on any atom is 0.303 e. The molecule has 148 valence electrons. The molecule has 3 heteroatoms. The lowest BCUT2D eigenvalue weighted by Gasteiger charge is -2.62. The smallest absolute Gasteiger partial charge is 0.303 e. The van der Waals surface area contributed by atoms with E-state index >= 15 is 0 Å². The van der Waals surface area contributed by atoms with Gasteiger partial charge in [0.05, 0.1) is 6.10 Å². The number of hydrogen-bond acceptors (Lipinski definition) is 2. The Hall–Kier alpha value is -0.570. The van der Waals surface area contributed by atoms with Gasteiger partial charge in [0.15, 0.2) is 0 Å². The van der Waals surface area contributed by atoms with Crippen LogP contribution in [-0.4, -0.2) is 22.3 Å². The molecule has 0 aromatic rings. The molecule has 7 unspecified atom stereocenters. The molecular formula is C23H38O3. The molecule has 26 heavy (non-hydrogen) atoms. The van der Waals surface area contributed by atoms with E-state index in [2.05, 4.69) is 13.8 Å². The summed E-state index contributed by atoms with van der Waals surface area (Å²) >= 11 is 0. The molecule has 0 aromatic carbocycles. The molecule has 0 amide bonds. The molecule has 4 aliphatic carbocycles. The number of carboxylic acid groups (broad SMARTS) is 1. The fraction of sp³-hybridized carbons (Fsp3) is 0.957. The third-order valence-corrected chi connectivity index (χ3v) is 9.74. The van der Waals surface area contributed by atoms with Crippen molar-refractivity contribution >= 4 is 5.97 Å². The van der Waals surface area contributed by atoms with Crippen molar-refractivity contribution in [1.29, 1.82) is 0 Å². The quantitative estimate of drug-likeness (QED) is 0.717. The molecule has 0 heterocycles. The second kappa shape index (κ2) is 6.79. The Balaban J connectivity index is 1.53. The van der Waals surface area contributed by atoms with Gasteiger partial charge in [-0.15, -0.1) is 0 Å². The number of fused-ring (bicyclic) bond motifs is 5. The van der Waals surface area contributed by atoms with Crippen LogP contribution < -0.4 is 0 Å². The number of hydrogen-bond donors (Lipinski definition) is 2. The first-order chi connectivity index (χ1) is 12.4. The lowest BCUT2D eigenvalue weighted by Crippen LogP contribution is -2.57. The normalized spacial score (nSPS) is 50.6. The molecule has 2 N–H and O–H groups in total. The maximum atomic E-state index is 11.2. The molecule has 0 saturated heterocycles. The van der Waals surface area contributed by atoms with Gasteiger partial charge in [-0.2, -0.15) is 0 Å². The van der Waals surface area contributed by atoms with Crippen LogP contribution in [-0.2, 0) is 4.79 Å². The zero-order valence-corrected chi connectivity index (χ0v) is 16.8. The molecule has 0 bridgehead atoms. The summed E-state index contributed by atoms with van der Waals surface area (Å²) in [4.78, 5) is 10.9. The van der Waals surface area contributed by atoms with Crippen molar-refractivity contribution in [1.82, 2.24) is 0 Å². The van der Waals surface area contributed by atoms with Crippen molar-refractivity contribution in [3.8, 4) is 0 Å². The second-order valence-corrected chi connectivity index (χ2v) is 10.6. The third kappa shape index (κ3) is 2.84. The van der Waals surface area contributed by atoms with Crippen molar-refractivity contribution in [3.63, 3.8) is 0 Å². The molecule has 8 atom stereocenters. The maximum absolute atomic E-state index is 11.2. The van der Waals surface area contributed by atoms with Crippen LogP contribution in [0.2, 0.25) is 0 Å². The van der Waals surface area contributed by atoms with Gasteiger partial charge in [-0.3, -0.25) is 4.79 Å². The summed E-state index contributed by atoms with van der Waals surface area (Å²) in [6.07, 6.45) is 13.7. The number of aliphatic carboxylic acids is 1. The van der Waals surface area contributed by atoms with Gasteiger partial charge in [0, 0.05) is 6.42 Å². The Labute approximate surface area is 158 Å². The highest BCUT2D eigenvalue weighted by Crippen LogP contribution is 2.67. The van der Waals surface area contributed by atoms with Crippen LogP contribution in [0.15, 0.2) is 0 Å². The van der Waals surface area contributed by atoms with Crippen LogP contribution in [0, 0.1) is 40.4 Å². The van der Waals surface area contributed by atoms with Crippen LogP contribution in [0.5, 0.6) is 0 Å². The van der Waals surface area contributed by atoms with Crippen LogP contribution in [0.4, 0.5) is 0 Å². The first-order valence-corrected chi connectivity index (χ1v) is 11.3. The van der Waals surface area contributed by atoms with Crippen molar-refractivity contribution in [2.45, 2.75) is 97.0 Å². The molecule has 0 aliphatic heterocycles. The predicted molar refractivity (Wildman–Crippen MR) is 103 cm³/mol. The minimum atomic E-state index is -0.660. The number of rotatable bonds is 4. The Morgan fingerprint density at radius 2 is 1.77 bits per heavy atom. The molecular weight excluding hydrogens is 324 g/mol. The van der Waals surface area contributed by atoms with Crippen LogP contribution in [0.1, 0.15) is 90.9 Å². The largest absolute Gasteiger partial charge is 0.481 e. The standard InChI is InChI=1S/C23H38O3/c1-22-12-4-3-6-16(22)14-19(24)21-17-10-9-15(7-5-8-20(25)26)23(17,2)13-11-18(21)22/h15-19,21,24H,3-14H2,1-2H3,(H,25,26)/t15?,16?,17?,18?,19-,21?,22?,23?/m1/s1. The minimum Gasteiger partial charge on any atom is -0.481 e. The minimum absolute atomic E-state index is 0.0985. The zero-order valence-electron chi connectivity index (χ0n) is 16.8. The van der Waals surface area contributed by atoms with Crippen LogP contribution in [0.25, 0.3) is 0 Å². The highest BCUT2D eigenvalue weighted by atomic mass is 16.4. The van der Waals surface area contributed by atoms with E-state index in [9.17, 15) is 9.90 Å². The molecule has 4 fully saturated rings. The number of carboxylic acids is 1. The molecule has 0 spiro atoms. The first kappa shape index (κ1) is 18.8. The zero-order chi connectivity index (χ0) is 18.5. The molecule has 4 rings (SSSR count). The Bertz CT molecular complexity index is 546. The molecule has 4 saturated carbocycles. The van der Waals surface area contributed by atoms with Crippen LogP contribution >= 0.6 is 0 Å². The van der Waals surface area contributed by atoms with Gasteiger partial charge in [-0.05, 0) is 98.2 Å². The van der Waals surface area contributed by atoms with Crippen molar-refractivity contribution < 1.29 is 15.0 Å². The molecule has 0 radical (unpaired) electrons. The first-order valence-electron chi connectivity index (χ1n) is 11.3. The summed E-state index contributed by atoms with van der Waals surface area (Å²) in [5.74, 6) is 2.62. The highest BCUT2D eigenvalue weighted by Gasteiger charge is 2.61. The SMILES string of the molecule is CC12CCC3C(C1CCC2CCCC(=O)O)[C@H](O)CC1CCCCC13C. The number of carbonyl (C=O) groups is 1. The summed E-state index contributed by atoms with van der Waals surface area (Å²) in [6.45, 7) is 5.04. The predicted octanol–water partition coefficient (Wildman–Crippen LogP) is 5.26. The van der Waals surface area contributed by atoms with E-state index in [0.717, 1.165) is 25.2 Å². The van der Waals surface area contributed by atoms with Crippen molar-refractivity contribution in [2.24, 2.45) is 40.4 Å². The fourth-order valence-corrected chi connectivity index (χ4v) is 8.34. The van der Waals surface area contributed by atoms with Gasteiger partial charge in [0.1, 0.15) is 0 Å². The Morgan fingerprint density at radius 3 is 2.54 bits per heavy atom. The summed E-state index contributed by atoms with van der Waals surface area (Å²) in [7, 11) is 0. The van der Waals surface area contributed by atoms with Gasteiger partial charge in [-0.25, -0.2) is 0 Å². The third-order valence-electron chi connectivity index (χ3n) is 9.74. The van der Waals surface area contributed by atoms with E-state index in [0.29, 0.717) is 40.9 Å². The molecule has 3 nitrogen and oxygen atoms in total. The van der Waals surface area contributed by atoms with E-state index < -0.39 is 5.97 Å². The Kier molecular flexibility index (Phi) is 4.91. The van der Waals surface area contributed by atoms with E-state index in [4.69, 9.17) is 5.11 Å². The van der Waals surface area contributed by atoms with Crippen molar-refractivity contribution in [3.05, 3.63) is 0 Å². The summed E-state index contributed by atoms with van der Waals surface area (Å²) in [5.41, 5.74) is 0.795. The van der Waals surface area contributed by atoms with E-state index in [1.54, 1.807) is 0 Å². The van der Waals surface area contributed by atoms with Crippen LogP contribution in [0.3, 0.4) is 0 Å². The fourth-order valence-electron chi connectivity index (χ4n) is 8.34. The lowest BCUT2D eigenvalue weighted by molar-refractivity contribution is -0.162. The van der Waals surface area contributed by atoms with Gasteiger partial charge < -0.3 is 10.2 Å². The molecule has 0 aromatic heterocycles. The summed E-state index contributed by atoms with van der Waals surface area (Å²) < 4.78 is 0. The number of aliphatic hydroxyl groups is 1. The summed E-state index contributed by atoms with van der Waals surface area (Å²) in [5, 5.41) is 20.2. The summed E-state index contributed by atoms with van der Waals surface area (Å²) in [6, 6.07) is 0. The highest BCUT2D eigenvalue weighted by molar-refractivity contribution is 5.66.